The molecule has 0 spiro atoms. The molecule has 1 heterocycles. The van der Waals surface area contributed by atoms with E-state index in [2.05, 4.69) is 87.6 Å². The molecule has 0 aromatic rings. The lowest BCUT2D eigenvalue weighted by Crippen LogP contribution is -2.54. The second kappa shape index (κ2) is 16.1. The van der Waals surface area contributed by atoms with Gasteiger partial charge in [0.05, 0.1) is 30.7 Å². The van der Waals surface area contributed by atoms with Gasteiger partial charge < -0.3 is 18.9 Å². The molecular weight excluding hydrogens is 563 g/mol. The van der Waals surface area contributed by atoms with Crippen LogP contribution in [0.3, 0.4) is 0 Å². The van der Waals surface area contributed by atoms with Gasteiger partial charge in [-0.15, -0.1) is 0 Å². The third kappa shape index (κ3) is 10.4. The highest BCUT2D eigenvalue weighted by molar-refractivity contribution is 6.79. The third-order valence-corrected chi connectivity index (χ3v) is 20.3. The molecule has 0 unspecified atom stereocenters. The lowest BCUT2D eigenvalue weighted by molar-refractivity contribution is -0.144. The molecule has 1 aliphatic rings. The number of hydrogen-bond acceptors (Lipinski definition) is 6. The summed E-state index contributed by atoms with van der Waals surface area (Å²) in [6, 6.07) is 0. The standard InChI is InChI=1S/C33H63NO6Si2/c1-15-16-27(35)19-28-18-17-25(8)29(38-28)20-31(36)34-21-30(39-41(13,14)33(10,11)12)26(9)32(37)40-42(22(2)3,23(4)5)24(6)7/h15-16,22-26,28-30H,17-21H2,1-14H3,(H,34,36)/b16-15+/t25-,26-,28-,29+,30+/m0/s1. The number of carbonyl (C=O) groups is 3. The normalized spacial score (nSPS) is 22.1. The summed E-state index contributed by atoms with van der Waals surface area (Å²) in [5, 5.41) is 3.01. The van der Waals surface area contributed by atoms with Crippen LogP contribution >= 0.6 is 0 Å². The summed E-state index contributed by atoms with van der Waals surface area (Å²) in [6.07, 6.45) is 4.69. The number of ketones is 1. The number of nitrogens with one attached hydrogen (secondary N) is 1. The Morgan fingerprint density at radius 3 is 1.98 bits per heavy atom. The molecule has 1 aliphatic heterocycles. The van der Waals surface area contributed by atoms with Gasteiger partial charge in [-0.2, -0.15) is 0 Å². The lowest BCUT2D eigenvalue weighted by Gasteiger charge is -2.44. The van der Waals surface area contributed by atoms with E-state index in [-0.39, 0.29) is 70.4 Å². The predicted octanol–water partition coefficient (Wildman–Crippen LogP) is 7.96. The van der Waals surface area contributed by atoms with E-state index < -0.39 is 28.7 Å². The highest BCUT2D eigenvalue weighted by Crippen LogP contribution is 2.43. The zero-order chi connectivity index (χ0) is 32.6. The second-order valence-corrected chi connectivity index (χ2v) is 25.1. The Labute approximate surface area is 259 Å². The van der Waals surface area contributed by atoms with Crippen molar-refractivity contribution in [2.45, 2.75) is 162 Å². The summed E-state index contributed by atoms with van der Waals surface area (Å²) in [5.41, 5.74) is 0.841. The maximum atomic E-state index is 13.8. The fourth-order valence-electron chi connectivity index (χ4n) is 6.08. The van der Waals surface area contributed by atoms with Crippen molar-refractivity contribution in [1.82, 2.24) is 5.32 Å². The Morgan fingerprint density at radius 1 is 0.952 bits per heavy atom. The van der Waals surface area contributed by atoms with E-state index in [1.54, 1.807) is 12.2 Å². The van der Waals surface area contributed by atoms with Crippen molar-refractivity contribution in [3.05, 3.63) is 12.2 Å². The maximum absolute atomic E-state index is 13.8. The van der Waals surface area contributed by atoms with Crippen LogP contribution in [-0.4, -0.2) is 59.2 Å². The molecule has 1 amide bonds. The average Bonchev–Trinajstić information content (AvgIpc) is 2.85. The highest BCUT2D eigenvalue weighted by Gasteiger charge is 2.50. The van der Waals surface area contributed by atoms with Crippen molar-refractivity contribution in [2.24, 2.45) is 11.8 Å². The van der Waals surface area contributed by atoms with Gasteiger partial charge in [0.15, 0.2) is 14.1 Å². The molecule has 42 heavy (non-hydrogen) atoms. The number of allylic oxidation sites excluding steroid dienone is 2. The molecule has 1 rings (SSSR count). The first-order valence-electron chi connectivity index (χ1n) is 16.2. The fourth-order valence-corrected chi connectivity index (χ4v) is 12.7. The Bertz CT molecular complexity index is 902. The number of rotatable bonds is 15. The van der Waals surface area contributed by atoms with E-state index in [0.717, 1.165) is 12.8 Å². The van der Waals surface area contributed by atoms with Crippen LogP contribution in [0.5, 0.6) is 0 Å². The predicted molar refractivity (Wildman–Crippen MR) is 177 cm³/mol. The van der Waals surface area contributed by atoms with E-state index in [0.29, 0.717) is 6.42 Å². The van der Waals surface area contributed by atoms with Crippen LogP contribution < -0.4 is 5.32 Å². The molecule has 0 aromatic carbocycles. The maximum Gasteiger partial charge on any atom is 0.298 e. The number of hydrogen-bond donors (Lipinski definition) is 1. The highest BCUT2D eigenvalue weighted by atomic mass is 28.4. The van der Waals surface area contributed by atoms with Gasteiger partial charge >= 0.3 is 0 Å². The quantitative estimate of drug-likeness (QED) is 0.147. The first-order valence-corrected chi connectivity index (χ1v) is 21.2. The zero-order valence-corrected chi connectivity index (χ0v) is 31.3. The van der Waals surface area contributed by atoms with E-state index in [1.807, 2.05) is 13.8 Å². The third-order valence-electron chi connectivity index (χ3n) is 9.78. The molecule has 7 nitrogen and oxygen atoms in total. The largest absolute Gasteiger partial charge is 0.518 e. The summed E-state index contributed by atoms with van der Waals surface area (Å²) in [5.74, 6) is -0.626. The minimum atomic E-state index is -2.43. The van der Waals surface area contributed by atoms with Gasteiger partial charge in [-0.3, -0.25) is 14.4 Å². The molecule has 0 saturated carbocycles. The van der Waals surface area contributed by atoms with Crippen LogP contribution in [0, 0.1) is 11.8 Å². The molecule has 0 aliphatic carbocycles. The van der Waals surface area contributed by atoms with E-state index in [1.165, 1.54) is 0 Å². The van der Waals surface area contributed by atoms with Gasteiger partial charge in [0.1, 0.15) is 0 Å². The van der Waals surface area contributed by atoms with Gasteiger partial charge in [0.2, 0.25) is 5.91 Å². The van der Waals surface area contributed by atoms with Crippen LogP contribution in [0.4, 0.5) is 0 Å². The second-order valence-electron chi connectivity index (χ2n) is 15.0. The van der Waals surface area contributed by atoms with E-state index in [9.17, 15) is 14.4 Å². The van der Waals surface area contributed by atoms with Crippen LogP contribution in [0.15, 0.2) is 12.2 Å². The van der Waals surface area contributed by atoms with E-state index in [4.69, 9.17) is 13.6 Å². The van der Waals surface area contributed by atoms with Crippen LogP contribution in [0.1, 0.15) is 109 Å². The summed E-state index contributed by atoms with van der Waals surface area (Å²) in [6.45, 7) is 29.9. The molecule has 0 aromatic heterocycles. The molecule has 9 heteroatoms. The Balaban J connectivity index is 3.09. The molecule has 1 N–H and O–H groups in total. The SMILES string of the molecule is C/C=C/C(=O)C[C@@H]1CC[C@H](C)[C@@H](CC(=O)NC[C@@H](O[Si](C)(C)C(C)(C)C)[C@H](C)C(=O)O[Si](C(C)C)(C(C)C)C(C)C)O1. The molecule has 1 fully saturated rings. The van der Waals surface area contributed by atoms with Crippen molar-refractivity contribution in [1.29, 1.82) is 0 Å². The first-order chi connectivity index (χ1) is 19.2. The van der Waals surface area contributed by atoms with Crippen molar-refractivity contribution in [3.63, 3.8) is 0 Å². The van der Waals surface area contributed by atoms with Crippen LogP contribution in [-0.2, 0) is 28.0 Å². The monoisotopic (exact) mass is 625 g/mol. The number of ether oxygens (including phenoxy) is 1. The summed E-state index contributed by atoms with van der Waals surface area (Å²) in [7, 11) is -4.69. The molecule has 0 radical (unpaired) electrons. The Morgan fingerprint density at radius 2 is 1.50 bits per heavy atom. The molecule has 0 bridgehead atoms. The fraction of sp³-hybridized carbons (Fsp3) is 0.848. The summed E-state index contributed by atoms with van der Waals surface area (Å²) < 4.78 is 19.5. The smallest absolute Gasteiger partial charge is 0.298 e. The topological polar surface area (TPSA) is 90.9 Å². The first kappa shape index (κ1) is 38.7. The van der Waals surface area contributed by atoms with Crippen molar-refractivity contribution in [3.8, 4) is 0 Å². The molecule has 1 saturated heterocycles. The Kier molecular flexibility index (Phi) is 14.9. The minimum Gasteiger partial charge on any atom is -0.518 e. The Hall–Kier alpha value is -1.30. The van der Waals surface area contributed by atoms with Gasteiger partial charge in [-0.1, -0.05) is 75.3 Å². The van der Waals surface area contributed by atoms with Gasteiger partial charge in [0, 0.05) is 13.0 Å². The molecule has 244 valence electrons. The van der Waals surface area contributed by atoms with Crippen molar-refractivity contribution < 1.29 is 28.0 Å². The summed E-state index contributed by atoms with van der Waals surface area (Å²) in [4.78, 5) is 39.1. The zero-order valence-electron chi connectivity index (χ0n) is 29.3. The average molecular weight is 626 g/mol. The van der Waals surface area contributed by atoms with Gasteiger partial charge in [-0.05, 0) is 73.4 Å². The number of carbonyl (C=O) groups excluding carboxylic acids is 3. The van der Waals surface area contributed by atoms with Crippen molar-refractivity contribution in [2.75, 3.05) is 6.54 Å². The molecular formula is C33H63NO6Si2. The van der Waals surface area contributed by atoms with Crippen LogP contribution in [0.2, 0.25) is 34.8 Å². The summed E-state index contributed by atoms with van der Waals surface area (Å²) >= 11 is 0. The van der Waals surface area contributed by atoms with E-state index >= 15 is 0 Å². The minimum absolute atomic E-state index is 0.0474. The van der Waals surface area contributed by atoms with Crippen LogP contribution in [0.25, 0.3) is 0 Å². The lowest BCUT2D eigenvalue weighted by atomic mass is 9.90. The molecule has 5 atom stereocenters. The van der Waals surface area contributed by atoms with Crippen molar-refractivity contribution >= 4 is 34.3 Å². The van der Waals surface area contributed by atoms with Gasteiger partial charge in [-0.25, -0.2) is 0 Å². The van der Waals surface area contributed by atoms with Gasteiger partial charge in [0.25, 0.3) is 14.3 Å². The number of amides is 1.